The zero-order chi connectivity index (χ0) is 14.5. The van der Waals surface area contributed by atoms with E-state index in [1.54, 1.807) is 0 Å². The molecule has 0 bridgehead atoms. The number of carbonyl (C=O) groups is 2. The molecule has 1 aliphatic heterocycles. The first-order valence-electron chi connectivity index (χ1n) is 6.57. The Labute approximate surface area is 116 Å². The van der Waals surface area contributed by atoms with Crippen molar-refractivity contribution in [2.75, 3.05) is 18.4 Å². The summed E-state index contributed by atoms with van der Waals surface area (Å²) in [7, 11) is 0. The summed E-state index contributed by atoms with van der Waals surface area (Å²) < 4.78 is 13.2. The van der Waals surface area contributed by atoms with Crippen molar-refractivity contribution >= 4 is 17.6 Å². The van der Waals surface area contributed by atoms with Crippen molar-refractivity contribution in [3.63, 3.8) is 0 Å². The molecule has 1 aromatic rings. The molecule has 2 heterocycles. The summed E-state index contributed by atoms with van der Waals surface area (Å²) in [4.78, 5) is 27.0. The number of nitrogens with zero attached hydrogens (tertiary/aromatic N) is 1. The number of aromatic nitrogens is 1. The largest absolute Gasteiger partial charge is 0.370 e. The highest BCUT2D eigenvalue weighted by Crippen LogP contribution is 2.13. The van der Waals surface area contributed by atoms with Gasteiger partial charge in [-0.25, -0.2) is 9.37 Å². The van der Waals surface area contributed by atoms with Gasteiger partial charge < -0.3 is 16.0 Å². The number of carbonyl (C=O) groups excluding carboxylic acids is 2. The number of rotatable bonds is 5. The molecule has 1 fully saturated rings. The zero-order valence-electron chi connectivity index (χ0n) is 11.2. The van der Waals surface area contributed by atoms with Crippen LogP contribution in [-0.4, -0.2) is 35.9 Å². The Kier molecular flexibility index (Phi) is 4.49. The molecule has 7 heteroatoms. The van der Waals surface area contributed by atoms with Crippen LogP contribution < -0.4 is 16.0 Å². The Bertz CT molecular complexity index is 521. The Morgan fingerprint density at radius 1 is 1.60 bits per heavy atom. The molecule has 0 radical (unpaired) electrons. The number of pyridine rings is 1. The number of amides is 2. The van der Waals surface area contributed by atoms with E-state index in [0.717, 1.165) is 12.3 Å². The maximum absolute atomic E-state index is 13.2. The molecule has 108 valence electrons. The number of hydrogen-bond donors (Lipinski definition) is 3. The van der Waals surface area contributed by atoms with Gasteiger partial charge in [0.2, 0.25) is 5.91 Å². The summed E-state index contributed by atoms with van der Waals surface area (Å²) in [6.45, 7) is 2.77. The van der Waals surface area contributed by atoms with Crippen molar-refractivity contribution in [1.82, 2.24) is 15.6 Å². The van der Waals surface area contributed by atoms with Gasteiger partial charge in [0.05, 0.1) is 11.8 Å². The van der Waals surface area contributed by atoms with Crippen molar-refractivity contribution in [1.29, 1.82) is 0 Å². The second-order valence-corrected chi connectivity index (χ2v) is 4.59. The normalized spacial score (nSPS) is 17.7. The fourth-order valence-electron chi connectivity index (χ4n) is 2.06. The average molecular weight is 280 g/mol. The minimum atomic E-state index is -0.564. The number of halogens is 1. The summed E-state index contributed by atoms with van der Waals surface area (Å²) in [5.74, 6) is -0.632. The lowest BCUT2D eigenvalue weighted by molar-refractivity contribution is -0.119. The van der Waals surface area contributed by atoms with Gasteiger partial charge >= 0.3 is 0 Å². The third kappa shape index (κ3) is 3.43. The monoisotopic (exact) mass is 280 g/mol. The molecule has 0 spiro atoms. The Morgan fingerprint density at radius 2 is 2.40 bits per heavy atom. The van der Waals surface area contributed by atoms with E-state index < -0.39 is 11.7 Å². The smallest absolute Gasteiger partial charge is 0.255 e. The van der Waals surface area contributed by atoms with Crippen LogP contribution in [0.3, 0.4) is 0 Å². The van der Waals surface area contributed by atoms with Gasteiger partial charge in [-0.05, 0) is 19.4 Å². The van der Waals surface area contributed by atoms with Gasteiger partial charge in [0.1, 0.15) is 11.6 Å². The van der Waals surface area contributed by atoms with Crippen LogP contribution in [-0.2, 0) is 4.79 Å². The van der Waals surface area contributed by atoms with Crippen molar-refractivity contribution in [3.05, 3.63) is 23.6 Å². The summed E-state index contributed by atoms with van der Waals surface area (Å²) in [5.41, 5.74) is 0.163. The standard InChI is InChI=1S/C13H17FN4O2/c1-2-15-12-10(5-8(14)6-16-12)13(20)17-7-9-3-4-11(19)18-9/h5-6,9H,2-4,7H2,1H3,(H,15,16)(H,17,20)(H,18,19). The van der Waals surface area contributed by atoms with Crippen LogP contribution in [0.4, 0.5) is 10.2 Å². The van der Waals surface area contributed by atoms with Crippen molar-refractivity contribution in [3.8, 4) is 0 Å². The van der Waals surface area contributed by atoms with Gasteiger partial charge in [-0.15, -0.1) is 0 Å². The highest BCUT2D eigenvalue weighted by molar-refractivity contribution is 5.98. The summed E-state index contributed by atoms with van der Waals surface area (Å²) in [6.07, 6.45) is 2.23. The molecule has 1 saturated heterocycles. The van der Waals surface area contributed by atoms with E-state index in [4.69, 9.17) is 0 Å². The Morgan fingerprint density at radius 3 is 3.05 bits per heavy atom. The fraction of sp³-hybridized carbons (Fsp3) is 0.462. The Balaban J connectivity index is 2.00. The van der Waals surface area contributed by atoms with E-state index in [1.165, 1.54) is 0 Å². The van der Waals surface area contributed by atoms with Crippen LogP contribution in [0.25, 0.3) is 0 Å². The first kappa shape index (κ1) is 14.2. The molecule has 0 aromatic carbocycles. The number of nitrogens with one attached hydrogen (secondary N) is 3. The minimum absolute atomic E-state index is 0.00925. The van der Waals surface area contributed by atoms with Gasteiger partial charge in [0.15, 0.2) is 0 Å². The molecule has 1 atom stereocenters. The average Bonchev–Trinajstić information content (AvgIpc) is 2.84. The van der Waals surface area contributed by atoms with Crippen molar-refractivity contribution < 1.29 is 14.0 Å². The summed E-state index contributed by atoms with van der Waals surface area (Å²) in [5, 5.41) is 8.35. The SMILES string of the molecule is CCNc1ncc(F)cc1C(=O)NCC1CCC(=O)N1. The molecule has 6 nitrogen and oxygen atoms in total. The van der Waals surface area contributed by atoms with E-state index in [-0.39, 0.29) is 17.5 Å². The molecule has 0 aliphatic carbocycles. The molecule has 1 aliphatic rings. The lowest BCUT2D eigenvalue weighted by Gasteiger charge is -2.13. The maximum atomic E-state index is 13.2. The van der Waals surface area contributed by atoms with Crippen molar-refractivity contribution in [2.24, 2.45) is 0 Å². The second-order valence-electron chi connectivity index (χ2n) is 4.59. The van der Waals surface area contributed by atoms with Crippen LogP contribution in [0.5, 0.6) is 0 Å². The van der Waals surface area contributed by atoms with E-state index >= 15 is 0 Å². The quantitative estimate of drug-likeness (QED) is 0.740. The first-order chi connectivity index (χ1) is 9.60. The summed E-state index contributed by atoms with van der Waals surface area (Å²) in [6, 6.07) is 1.09. The highest BCUT2D eigenvalue weighted by atomic mass is 19.1. The lowest BCUT2D eigenvalue weighted by atomic mass is 10.2. The van der Waals surface area contributed by atoms with Crippen LogP contribution in [0.15, 0.2) is 12.3 Å². The molecule has 3 N–H and O–H groups in total. The van der Waals surface area contributed by atoms with E-state index in [1.807, 2.05) is 6.92 Å². The van der Waals surface area contributed by atoms with Crippen molar-refractivity contribution in [2.45, 2.75) is 25.8 Å². The van der Waals surface area contributed by atoms with Crippen LogP contribution in [0, 0.1) is 5.82 Å². The van der Waals surface area contributed by atoms with Crippen LogP contribution in [0.2, 0.25) is 0 Å². The Hall–Kier alpha value is -2.18. The van der Waals surface area contributed by atoms with Gasteiger partial charge in [-0.3, -0.25) is 9.59 Å². The third-order valence-corrected chi connectivity index (χ3v) is 3.04. The minimum Gasteiger partial charge on any atom is -0.370 e. The van der Waals surface area contributed by atoms with Gasteiger partial charge in [0, 0.05) is 25.6 Å². The first-order valence-corrected chi connectivity index (χ1v) is 6.57. The summed E-state index contributed by atoms with van der Waals surface area (Å²) >= 11 is 0. The molecule has 2 rings (SSSR count). The van der Waals surface area contributed by atoms with E-state index in [9.17, 15) is 14.0 Å². The van der Waals surface area contributed by atoms with Crippen LogP contribution >= 0.6 is 0 Å². The van der Waals surface area contributed by atoms with Gasteiger partial charge in [0.25, 0.3) is 5.91 Å². The lowest BCUT2D eigenvalue weighted by Crippen LogP contribution is -2.38. The topological polar surface area (TPSA) is 83.1 Å². The molecular formula is C13H17FN4O2. The van der Waals surface area contributed by atoms with Gasteiger partial charge in [-0.1, -0.05) is 0 Å². The fourth-order valence-corrected chi connectivity index (χ4v) is 2.06. The highest BCUT2D eigenvalue weighted by Gasteiger charge is 2.22. The maximum Gasteiger partial charge on any atom is 0.255 e. The number of anilines is 1. The predicted molar refractivity (Wildman–Crippen MR) is 71.9 cm³/mol. The molecular weight excluding hydrogens is 263 g/mol. The molecule has 0 saturated carbocycles. The van der Waals surface area contributed by atoms with Crippen LogP contribution in [0.1, 0.15) is 30.1 Å². The number of hydrogen-bond acceptors (Lipinski definition) is 4. The molecule has 2 amide bonds. The zero-order valence-corrected chi connectivity index (χ0v) is 11.2. The molecule has 1 unspecified atom stereocenters. The predicted octanol–water partition coefficient (Wildman–Crippen LogP) is 0.661. The van der Waals surface area contributed by atoms with Gasteiger partial charge in [-0.2, -0.15) is 0 Å². The molecule has 1 aromatic heterocycles. The second kappa shape index (κ2) is 6.31. The van der Waals surface area contributed by atoms with E-state index in [0.29, 0.717) is 31.7 Å². The molecule has 20 heavy (non-hydrogen) atoms. The van der Waals surface area contributed by atoms with E-state index in [2.05, 4.69) is 20.9 Å². The third-order valence-electron chi connectivity index (χ3n) is 3.04.